The zero-order chi connectivity index (χ0) is 8.48. The minimum Gasteiger partial charge on any atom is -0.319 e. The molecule has 1 aromatic rings. The van der Waals surface area contributed by atoms with E-state index >= 15 is 0 Å². The lowest BCUT2D eigenvalue weighted by atomic mass is 10.1. The van der Waals surface area contributed by atoms with Crippen molar-refractivity contribution in [3.8, 4) is 0 Å². The molecule has 0 aromatic carbocycles. The first kappa shape index (κ1) is 8.07. The molecule has 0 unspecified atom stereocenters. The lowest BCUT2D eigenvalue weighted by molar-refractivity contribution is 0.504. The number of rotatable bonds is 1. The molecule has 0 saturated heterocycles. The van der Waals surface area contributed by atoms with Crippen LogP contribution in [-0.2, 0) is 5.54 Å². The van der Waals surface area contributed by atoms with Gasteiger partial charge in [0.15, 0.2) is 5.82 Å². The SMILES string of the molecule is CC(C)(N)c1ncc(F)cn1. The van der Waals surface area contributed by atoms with Crippen molar-refractivity contribution < 1.29 is 4.39 Å². The molecule has 0 saturated carbocycles. The highest BCUT2D eigenvalue weighted by atomic mass is 19.1. The van der Waals surface area contributed by atoms with Crippen LogP contribution in [0.2, 0.25) is 0 Å². The predicted molar refractivity (Wildman–Crippen MR) is 39.2 cm³/mol. The molecule has 11 heavy (non-hydrogen) atoms. The van der Waals surface area contributed by atoms with Gasteiger partial charge >= 0.3 is 0 Å². The van der Waals surface area contributed by atoms with Crippen molar-refractivity contribution in [2.75, 3.05) is 0 Å². The van der Waals surface area contributed by atoms with E-state index in [9.17, 15) is 4.39 Å². The molecule has 2 N–H and O–H groups in total. The van der Waals surface area contributed by atoms with Crippen LogP contribution in [0.3, 0.4) is 0 Å². The summed E-state index contributed by atoms with van der Waals surface area (Å²) in [4.78, 5) is 7.48. The van der Waals surface area contributed by atoms with Crippen LogP contribution in [0.25, 0.3) is 0 Å². The molecule has 0 amide bonds. The molecule has 1 rings (SSSR count). The van der Waals surface area contributed by atoms with Gasteiger partial charge < -0.3 is 5.73 Å². The zero-order valence-corrected chi connectivity index (χ0v) is 6.50. The standard InChI is InChI=1S/C7H10FN3/c1-7(2,9)6-10-3-5(8)4-11-6/h3-4H,9H2,1-2H3. The minimum absolute atomic E-state index is 0.443. The fourth-order valence-corrected chi connectivity index (χ4v) is 0.645. The van der Waals surface area contributed by atoms with Gasteiger partial charge in [-0.1, -0.05) is 0 Å². The molecule has 0 radical (unpaired) electrons. The monoisotopic (exact) mass is 155 g/mol. The lowest BCUT2D eigenvalue weighted by Crippen LogP contribution is -2.31. The molecule has 0 aliphatic rings. The van der Waals surface area contributed by atoms with E-state index in [4.69, 9.17) is 5.73 Å². The van der Waals surface area contributed by atoms with Gasteiger partial charge in [-0.2, -0.15) is 0 Å². The van der Waals surface area contributed by atoms with Crippen molar-refractivity contribution in [2.24, 2.45) is 5.73 Å². The van der Waals surface area contributed by atoms with E-state index in [0.29, 0.717) is 5.82 Å². The maximum Gasteiger partial charge on any atom is 0.159 e. The number of nitrogens with two attached hydrogens (primary N) is 1. The van der Waals surface area contributed by atoms with E-state index < -0.39 is 11.4 Å². The van der Waals surface area contributed by atoms with Crippen molar-refractivity contribution in [1.29, 1.82) is 0 Å². The zero-order valence-electron chi connectivity index (χ0n) is 6.50. The van der Waals surface area contributed by atoms with E-state index in [2.05, 4.69) is 9.97 Å². The molecular formula is C7H10FN3. The smallest absolute Gasteiger partial charge is 0.159 e. The summed E-state index contributed by atoms with van der Waals surface area (Å²) in [6.45, 7) is 3.53. The Morgan fingerprint density at radius 1 is 1.36 bits per heavy atom. The highest BCUT2D eigenvalue weighted by Gasteiger charge is 2.16. The Morgan fingerprint density at radius 3 is 2.18 bits per heavy atom. The molecule has 3 nitrogen and oxygen atoms in total. The van der Waals surface area contributed by atoms with Gasteiger partial charge in [-0.25, -0.2) is 14.4 Å². The highest BCUT2D eigenvalue weighted by Crippen LogP contribution is 2.09. The third kappa shape index (κ3) is 1.94. The van der Waals surface area contributed by atoms with E-state index in [0.717, 1.165) is 12.4 Å². The van der Waals surface area contributed by atoms with Crippen LogP contribution < -0.4 is 5.73 Å². The minimum atomic E-state index is -0.603. The molecule has 0 bridgehead atoms. The quantitative estimate of drug-likeness (QED) is 0.652. The summed E-state index contributed by atoms with van der Waals surface area (Å²) >= 11 is 0. The lowest BCUT2D eigenvalue weighted by Gasteiger charge is -2.15. The van der Waals surface area contributed by atoms with Crippen LogP contribution >= 0.6 is 0 Å². The second-order valence-electron chi connectivity index (χ2n) is 2.95. The summed E-state index contributed by atoms with van der Waals surface area (Å²) in [5, 5.41) is 0. The van der Waals surface area contributed by atoms with Gasteiger partial charge in [0.05, 0.1) is 17.9 Å². The van der Waals surface area contributed by atoms with Crippen molar-refractivity contribution in [3.05, 3.63) is 24.0 Å². The van der Waals surface area contributed by atoms with Gasteiger partial charge in [0.1, 0.15) is 5.82 Å². The fraction of sp³-hybridized carbons (Fsp3) is 0.429. The van der Waals surface area contributed by atoms with Crippen LogP contribution in [0, 0.1) is 5.82 Å². The first-order valence-corrected chi connectivity index (χ1v) is 3.27. The maximum absolute atomic E-state index is 12.3. The van der Waals surface area contributed by atoms with Crippen molar-refractivity contribution in [1.82, 2.24) is 9.97 Å². The maximum atomic E-state index is 12.3. The molecule has 1 aromatic heterocycles. The molecule has 0 aliphatic carbocycles. The summed E-state index contributed by atoms with van der Waals surface area (Å²) in [5.41, 5.74) is 5.06. The van der Waals surface area contributed by atoms with Crippen LogP contribution in [0.4, 0.5) is 4.39 Å². The van der Waals surface area contributed by atoms with E-state index in [1.54, 1.807) is 13.8 Å². The topological polar surface area (TPSA) is 51.8 Å². The average Bonchev–Trinajstić information content (AvgIpc) is 1.86. The van der Waals surface area contributed by atoms with Crippen LogP contribution in [0.5, 0.6) is 0 Å². The normalized spacial score (nSPS) is 11.6. The summed E-state index contributed by atoms with van der Waals surface area (Å²) in [7, 11) is 0. The molecule has 4 heteroatoms. The second kappa shape index (κ2) is 2.54. The largest absolute Gasteiger partial charge is 0.319 e. The van der Waals surface area contributed by atoms with Gasteiger partial charge in [-0.05, 0) is 13.8 Å². The van der Waals surface area contributed by atoms with E-state index in [-0.39, 0.29) is 0 Å². The predicted octanol–water partition coefficient (Wildman–Crippen LogP) is 0.810. The molecule has 0 atom stereocenters. The van der Waals surface area contributed by atoms with Crippen molar-refractivity contribution in [3.63, 3.8) is 0 Å². The molecule has 0 fully saturated rings. The van der Waals surface area contributed by atoms with Gasteiger partial charge in [0, 0.05) is 0 Å². The highest BCUT2D eigenvalue weighted by molar-refractivity contribution is 5.01. The molecular weight excluding hydrogens is 145 g/mol. The van der Waals surface area contributed by atoms with Crippen LogP contribution in [0.1, 0.15) is 19.7 Å². The summed E-state index contributed by atoms with van der Waals surface area (Å²) < 4.78 is 12.3. The van der Waals surface area contributed by atoms with Crippen molar-refractivity contribution in [2.45, 2.75) is 19.4 Å². The number of aromatic nitrogens is 2. The Labute approximate surface area is 64.5 Å². The van der Waals surface area contributed by atoms with Crippen LogP contribution in [0.15, 0.2) is 12.4 Å². The third-order valence-electron chi connectivity index (χ3n) is 1.20. The summed E-state index contributed by atoms with van der Waals surface area (Å²) in [5.74, 6) is -0.00287. The van der Waals surface area contributed by atoms with E-state index in [1.807, 2.05) is 0 Å². The first-order valence-electron chi connectivity index (χ1n) is 3.27. The van der Waals surface area contributed by atoms with E-state index in [1.165, 1.54) is 0 Å². The Morgan fingerprint density at radius 2 is 1.82 bits per heavy atom. The number of hydrogen-bond donors (Lipinski definition) is 1. The third-order valence-corrected chi connectivity index (χ3v) is 1.20. The Bertz CT molecular complexity index is 237. The molecule has 60 valence electrons. The van der Waals surface area contributed by atoms with Crippen molar-refractivity contribution >= 4 is 0 Å². The number of halogens is 1. The Balaban J connectivity index is 2.99. The number of hydrogen-bond acceptors (Lipinski definition) is 3. The average molecular weight is 155 g/mol. The van der Waals surface area contributed by atoms with Gasteiger partial charge in [0.25, 0.3) is 0 Å². The Hall–Kier alpha value is -1.03. The second-order valence-corrected chi connectivity index (χ2v) is 2.95. The molecule has 0 spiro atoms. The van der Waals surface area contributed by atoms with Gasteiger partial charge in [-0.3, -0.25) is 0 Å². The summed E-state index contributed by atoms with van der Waals surface area (Å²) in [6.07, 6.45) is 2.22. The van der Waals surface area contributed by atoms with Crippen LogP contribution in [-0.4, -0.2) is 9.97 Å². The van der Waals surface area contributed by atoms with Gasteiger partial charge in [0.2, 0.25) is 0 Å². The molecule has 0 aliphatic heterocycles. The summed E-state index contributed by atoms with van der Waals surface area (Å²) in [6, 6.07) is 0. The fourth-order valence-electron chi connectivity index (χ4n) is 0.645. The number of nitrogens with zero attached hydrogens (tertiary/aromatic N) is 2. The molecule has 1 heterocycles. The van der Waals surface area contributed by atoms with Gasteiger partial charge in [-0.15, -0.1) is 0 Å². The first-order chi connectivity index (χ1) is 5.00. The Kier molecular flexibility index (Phi) is 1.87.